The molecule has 1 atom stereocenters. The predicted molar refractivity (Wildman–Crippen MR) is 84.5 cm³/mol. The Morgan fingerprint density at radius 1 is 1.50 bits per heavy atom. The fourth-order valence-electron chi connectivity index (χ4n) is 2.34. The van der Waals surface area contributed by atoms with E-state index in [2.05, 4.69) is 26.9 Å². The van der Waals surface area contributed by atoms with Gasteiger partial charge in [0.25, 0.3) is 0 Å². The van der Waals surface area contributed by atoms with E-state index in [1.54, 1.807) is 7.11 Å². The lowest BCUT2D eigenvalue weighted by molar-refractivity contribution is 0.206. The molecule has 2 rings (SSSR count). The zero-order valence-electron chi connectivity index (χ0n) is 12.3. The van der Waals surface area contributed by atoms with Gasteiger partial charge in [0.2, 0.25) is 0 Å². The van der Waals surface area contributed by atoms with E-state index in [-0.39, 0.29) is 12.4 Å². The zero-order chi connectivity index (χ0) is 13.7. The minimum atomic E-state index is 0. The van der Waals surface area contributed by atoms with Crippen molar-refractivity contribution in [1.82, 2.24) is 9.88 Å². The van der Waals surface area contributed by atoms with Crippen LogP contribution in [0.1, 0.15) is 12.0 Å². The number of hydrogen-bond donors (Lipinski definition) is 1. The Balaban J connectivity index is 0.00000200. The van der Waals surface area contributed by atoms with Crippen molar-refractivity contribution < 1.29 is 4.74 Å². The Morgan fingerprint density at radius 2 is 2.30 bits per heavy atom. The molecule has 0 aliphatic carbocycles. The normalized spacial score (nSPS) is 18.9. The first-order chi connectivity index (χ1) is 9.19. The first kappa shape index (κ1) is 17.2. The molecule has 1 saturated heterocycles. The number of pyridine rings is 1. The number of likely N-dealkylation sites (N-methyl/N-ethyl adjacent to an activating group) is 1. The predicted octanol–water partition coefficient (Wildman–Crippen LogP) is 1.12. The number of ether oxygens (including phenoxy) is 1. The summed E-state index contributed by atoms with van der Waals surface area (Å²) in [7, 11) is 3.74. The van der Waals surface area contributed by atoms with Crippen LogP contribution in [0.15, 0.2) is 18.3 Å². The summed E-state index contributed by atoms with van der Waals surface area (Å²) in [5.41, 5.74) is 7.16. The minimum Gasteiger partial charge on any atom is -0.383 e. The molecule has 1 aliphatic rings. The Morgan fingerprint density at radius 3 is 2.85 bits per heavy atom. The number of methoxy groups -OCH3 is 1. The number of aromatic nitrogens is 1. The number of nitrogens with two attached hydrogens (primary N) is 1. The van der Waals surface area contributed by atoms with Gasteiger partial charge in [-0.3, -0.25) is 4.90 Å². The number of hydrogen-bond acceptors (Lipinski definition) is 5. The van der Waals surface area contributed by atoms with Crippen molar-refractivity contribution in [3.8, 4) is 0 Å². The van der Waals surface area contributed by atoms with Crippen LogP contribution in [0.2, 0.25) is 0 Å². The quantitative estimate of drug-likeness (QED) is 0.853. The number of halogens is 1. The van der Waals surface area contributed by atoms with Crippen molar-refractivity contribution in [3.05, 3.63) is 23.9 Å². The van der Waals surface area contributed by atoms with E-state index < -0.39 is 0 Å². The summed E-state index contributed by atoms with van der Waals surface area (Å²) in [6.07, 6.45) is 3.06. The van der Waals surface area contributed by atoms with Crippen LogP contribution in [0.3, 0.4) is 0 Å². The maximum absolute atomic E-state index is 5.91. The molecule has 0 spiro atoms. The van der Waals surface area contributed by atoms with E-state index in [0.717, 1.165) is 38.4 Å². The Hall–Kier alpha value is -0.880. The molecule has 2 heterocycles. The number of anilines is 1. The van der Waals surface area contributed by atoms with Gasteiger partial charge in [-0.2, -0.15) is 0 Å². The Bertz CT molecular complexity index is 387. The maximum Gasteiger partial charge on any atom is 0.128 e. The van der Waals surface area contributed by atoms with Crippen LogP contribution in [0.5, 0.6) is 0 Å². The first-order valence-corrected chi connectivity index (χ1v) is 6.82. The van der Waals surface area contributed by atoms with Gasteiger partial charge in [-0.05, 0) is 18.1 Å². The molecule has 0 bridgehead atoms. The highest BCUT2D eigenvalue weighted by Crippen LogP contribution is 2.14. The summed E-state index contributed by atoms with van der Waals surface area (Å²) in [6.45, 7) is 4.60. The van der Waals surface area contributed by atoms with Gasteiger partial charge in [-0.1, -0.05) is 6.07 Å². The summed E-state index contributed by atoms with van der Waals surface area (Å²) >= 11 is 0. The van der Waals surface area contributed by atoms with Crippen LogP contribution in [0, 0.1) is 0 Å². The fourth-order valence-corrected chi connectivity index (χ4v) is 2.34. The molecule has 1 aliphatic heterocycles. The van der Waals surface area contributed by atoms with Gasteiger partial charge in [0.05, 0.1) is 6.61 Å². The smallest absolute Gasteiger partial charge is 0.128 e. The molecule has 114 valence electrons. The summed E-state index contributed by atoms with van der Waals surface area (Å²) in [5.74, 6) is 0.985. The SMILES string of the molecule is COCCN(C)c1ccc(CN2CC[C@@H](N)C2)cn1.Cl. The highest BCUT2D eigenvalue weighted by atomic mass is 35.5. The van der Waals surface area contributed by atoms with Crippen molar-refractivity contribution in [2.45, 2.75) is 19.0 Å². The summed E-state index contributed by atoms with van der Waals surface area (Å²) in [6, 6.07) is 4.56. The topological polar surface area (TPSA) is 54.6 Å². The van der Waals surface area contributed by atoms with Gasteiger partial charge in [0, 0.05) is 52.6 Å². The summed E-state index contributed by atoms with van der Waals surface area (Å²) < 4.78 is 5.07. The number of nitrogens with zero attached hydrogens (tertiary/aromatic N) is 3. The summed E-state index contributed by atoms with van der Waals surface area (Å²) in [4.78, 5) is 8.99. The lowest BCUT2D eigenvalue weighted by Crippen LogP contribution is -2.26. The van der Waals surface area contributed by atoms with Crippen LogP contribution in [0.4, 0.5) is 5.82 Å². The molecule has 0 aromatic carbocycles. The Kier molecular flexibility index (Phi) is 7.23. The second-order valence-corrected chi connectivity index (χ2v) is 5.22. The van der Waals surface area contributed by atoms with Crippen molar-refractivity contribution >= 4 is 18.2 Å². The summed E-state index contributed by atoms with van der Waals surface area (Å²) in [5, 5.41) is 0. The fraction of sp³-hybridized carbons (Fsp3) is 0.643. The van der Waals surface area contributed by atoms with Crippen molar-refractivity contribution in [3.63, 3.8) is 0 Å². The van der Waals surface area contributed by atoms with Crippen molar-refractivity contribution in [2.24, 2.45) is 5.73 Å². The van der Waals surface area contributed by atoms with E-state index in [1.807, 2.05) is 13.2 Å². The molecule has 0 saturated carbocycles. The van der Waals surface area contributed by atoms with Crippen LogP contribution >= 0.6 is 12.4 Å². The molecular formula is C14H25ClN4O. The second-order valence-electron chi connectivity index (χ2n) is 5.22. The third-order valence-corrected chi connectivity index (χ3v) is 3.55. The van der Waals surface area contributed by atoms with Crippen molar-refractivity contribution in [2.75, 3.05) is 45.3 Å². The van der Waals surface area contributed by atoms with Crippen LogP contribution in [-0.2, 0) is 11.3 Å². The van der Waals surface area contributed by atoms with E-state index in [4.69, 9.17) is 10.5 Å². The van der Waals surface area contributed by atoms with Crippen LogP contribution in [0.25, 0.3) is 0 Å². The molecule has 0 amide bonds. The van der Waals surface area contributed by atoms with Gasteiger partial charge in [0.1, 0.15) is 5.82 Å². The first-order valence-electron chi connectivity index (χ1n) is 6.82. The molecule has 0 radical (unpaired) electrons. The largest absolute Gasteiger partial charge is 0.383 e. The van der Waals surface area contributed by atoms with E-state index in [0.29, 0.717) is 12.6 Å². The van der Waals surface area contributed by atoms with E-state index in [9.17, 15) is 0 Å². The zero-order valence-corrected chi connectivity index (χ0v) is 13.1. The molecule has 1 fully saturated rings. The van der Waals surface area contributed by atoms with Crippen molar-refractivity contribution in [1.29, 1.82) is 0 Å². The molecule has 1 aromatic rings. The van der Waals surface area contributed by atoms with Gasteiger partial charge in [-0.15, -0.1) is 12.4 Å². The molecule has 5 nitrogen and oxygen atoms in total. The molecule has 20 heavy (non-hydrogen) atoms. The Labute approximate surface area is 127 Å². The molecule has 6 heteroatoms. The molecular weight excluding hydrogens is 276 g/mol. The van der Waals surface area contributed by atoms with Gasteiger partial charge in [0.15, 0.2) is 0 Å². The number of rotatable bonds is 6. The van der Waals surface area contributed by atoms with Crippen LogP contribution in [-0.4, -0.2) is 56.3 Å². The molecule has 1 aromatic heterocycles. The average Bonchev–Trinajstić information content (AvgIpc) is 2.82. The minimum absolute atomic E-state index is 0. The van der Waals surface area contributed by atoms with Gasteiger partial charge < -0.3 is 15.4 Å². The highest BCUT2D eigenvalue weighted by molar-refractivity contribution is 5.85. The lowest BCUT2D eigenvalue weighted by Gasteiger charge is -2.19. The van der Waals surface area contributed by atoms with Crippen LogP contribution < -0.4 is 10.6 Å². The third-order valence-electron chi connectivity index (χ3n) is 3.55. The van der Waals surface area contributed by atoms with Gasteiger partial charge >= 0.3 is 0 Å². The van der Waals surface area contributed by atoms with E-state index in [1.165, 1.54) is 5.56 Å². The highest BCUT2D eigenvalue weighted by Gasteiger charge is 2.18. The monoisotopic (exact) mass is 300 g/mol. The molecule has 2 N–H and O–H groups in total. The standard InChI is InChI=1S/C14H24N4O.ClH/c1-17(7-8-19-2)14-4-3-12(9-16-14)10-18-6-5-13(15)11-18;/h3-4,9,13H,5-8,10-11,15H2,1-2H3;1H/t13-;/m1./s1. The van der Waals surface area contributed by atoms with Gasteiger partial charge in [-0.25, -0.2) is 4.98 Å². The maximum atomic E-state index is 5.91. The lowest BCUT2D eigenvalue weighted by atomic mass is 10.2. The second kappa shape index (κ2) is 8.42. The third kappa shape index (κ3) is 4.90. The molecule has 0 unspecified atom stereocenters. The average molecular weight is 301 g/mol. The van der Waals surface area contributed by atoms with E-state index >= 15 is 0 Å². The number of likely N-dealkylation sites (tertiary alicyclic amines) is 1.